The number of nitrogens with two attached hydrogens (primary N) is 1. The quantitative estimate of drug-likeness (QED) is 0.749. The maximum Gasteiger partial charge on any atom is 0.245 e. The van der Waals surface area contributed by atoms with Crippen LogP contribution < -0.4 is 11.1 Å². The monoisotopic (exact) mass is 293 g/mol. The van der Waals surface area contributed by atoms with Crippen molar-refractivity contribution in [1.82, 2.24) is 10.2 Å². The van der Waals surface area contributed by atoms with Gasteiger partial charge in [-0.25, -0.2) is 0 Å². The SMILES string of the molecule is CC(NC(=O)C(N)C(C)C)C(=O)N1CCOCC1.Cl. The molecule has 1 aliphatic rings. The molecule has 112 valence electrons. The van der Waals surface area contributed by atoms with Gasteiger partial charge in [0.2, 0.25) is 11.8 Å². The van der Waals surface area contributed by atoms with E-state index in [1.54, 1.807) is 11.8 Å². The van der Waals surface area contributed by atoms with Crippen LogP contribution in [0.25, 0.3) is 0 Å². The van der Waals surface area contributed by atoms with Crippen LogP contribution in [-0.2, 0) is 14.3 Å². The summed E-state index contributed by atoms with van der Waals surface area (Å²) in [6.45, 7) is 7.69. The number of hydrogen-bond donors (Lipinski definition) is 2. The Balaban J connectivity index is 0.00000324. The van der Waals surface area contributed by atoms with Gasteiger partial charge in [0.1, 0.15) is 6.04 Å². The minimum Gasteiger partial charge on any atom is -0.378 e. The van der Waals surface area contributed by atoms with E-state index < -0.39 is 12.1 Å². The molecule has 1 saturated heterocycles. The average molecular weight is 294 g/mol. The lowest BCUT2D eigenvalue weighted by molar-refractivity contribution is -0.139. The van der Waals surface area contributed by atoms with Crippen LogP contribution in [0.1, 0.15) is 20.8 Å². The molecule has 0 spiro atoms. The first-order valence-electron chi connectivity index (χ1n) is 6.36. The fourth-order valence-corrected chi connectivity index (χ4v) is 1.73. The molecule has 1 heterocycles. The zero-order valence-corrected chi connectivity index (χ0v) is 12.5. The standard InChI is InChI=1S/C12H23N3O3.ClH/c1-8(2)10(13)11(16)14-9(3)12(17)15-4-6-18-7-5-15;/h8-10H,4-7,13H2,1-3H3,(H,14,16);1H. The van der Waals surface area contributed by atoms with Crippen molar-refractivity contribution in [2.45, 2.75) is 32.9 Å². The van der Waals surface area contributed by atoms with Crippen LogP contribution in [0.2, 0.25) is 0 Å². The highest BCUT2D eigenvalue weighted by molar-refractivity contribution is 5.89. The first-order valence-corrected chi connectivity index (χ1v) is 6.36. The van der Waals surface area contributed by atoms with Crippen LogP contribution in [0, 0.1) is 5.92 Å². The van der Waals surface area contributed by atoms with E-state index in [0.717, 1.165) is 0 Å². The predicted molar refractivity (Wildman–Crippen MR) is 75.1 cm³/mol. The van der Waals surface area contributed by atoms with Gasteiger partial charge >= 0.3 is 0 Å². The summed E-state index contributed by atoms with van der Waals surface area (Å²) in [7, 11) is 0. The Bertz CT molecular complexity index is 307. The van der Waals surface area contributed by atoms with Gasteiger partial charge in [0.05, 0.1) is 19.3 Å². The Morgan fingerprint density at radius 2 is 1.74 bits per heavy atom. The molecular formula is C12H24ClN3O3. The van der Waals surface area contributed by atoms with Crippen LogP contribution >= 0.6 is 12.4 Å². The molecule has 6 nitrogen and oxygen atoms in total. The lowest BCUT2D eigenvalue weighted by atomic mass is 10.0. The normalized spacial score (nSPS) is 18.5. The smallest absolute Gasteiger partial charge is 0.245 e. The highest BCUT2D eigenvalue weighted by Crippen LogP contribution is 2.02. The van der Waals surface area contributed by atoms with Crippen LogP contribution in [0.4, 0.5) is 0 Å². The van der Waals surface area contributed by atoms with E-state index in [1.807, 2.05) is 13.8 Å². The van der Waals surface area contributed by atoms with E-state index >= 15 is 0 Å². The molecule has 0 aromatic carbocycles. The van der Waals surface area contributed by atoms with Crippen molar-refractivity contribution in [3.63, 3.8) is 0 Å². The van der Waals surface area contributed by atoms with Crippen molar-refractivity contribution in [2.75, 3.05) is 26.3 Å². The van der Waals surface area contributed by atoms with Crippen molar-refractivity contribution >= 4 is 24.2 Å². The Morgan fingerprint density at radius 3 is 2.21 bits per heavy atom. The van der Waals surface area contributed by atoms with E-state index in [-0.39, 0.29) is 30.1 Å². The summed E-state index contributed by atoms with van der Waals surface area (Å²) in [6.07, 6.45) is 0. The second-order valence-electron chi connectivity index (χ2n) is 4.94. The number of nitrogens with one attached hydrogen (secondary N) is 1. The van der Waals surface area contributed by atoms with Crippen molar-refractivity contribution < 1.29 is 14.3 Å². The Labute approximate surface area is 120 Å². The number of nitrogens with zero attached hydrogens (tertiary/aromatic N) is 1. The van der Waals surface area contributed by atoms with Crippen LogP contribution in [0.15, 0.2) is 0 Å². The Kier molecular flexibility index (Phi) is 7.97. The summed E-state index contributed by atoms with van der Waals surface area (Å²) >= 11 is 0. The largest absolute Gasteiger partial charge is 0.378 e. The third-order valence-electron chi connectivity index (χ3n) is 3.07. The average Bonchev–Trinajstić information content (AvgIpc) is 2.37. The number of carbonyl (C=O) groups is 2. The van der Waals surface area contributed by atoms with Crippen LogP contribution in [0.3, 0.4) is 0 Å². The van der Waals surface area contributed by atoms with Crippen molar-refractivity contribution in [2.24, 2.45) is 11.7 Å². The van der Waals surface area contributed by atoms with Crippen LogP contribution in [0.5, 0.6) is 0 Å². The zero-order valence-electron chi connectivity index (χ0n) is 11.7. The lowest BCUT2D eigenvalue weighted by Gasteiger charge is -2.30. The van der Waals surface area contributed by atoms with Gasteiger partial charge in [-0.15, -0.1) is 12.4 Å². The van der Waals surface area contributed by atoms with E-state index in [2.05, 4.69) is 5.32 Å². The number of rotatable bonds is 4. The van der Waals surface area contributed by atoms with Crippen molar-refractivity contribution in [3.05, 3.63) is 0 Å². The summed E-state index contributed by atoms with van der Waals surface area (Å²) in [6, 6.07) is -1.12. The minimum atomic E-state index is -0.579. The molecular weight excluding hydrogens is 270 g/mol. The number of halogens is 1. The Hall–Kier alpha value is -0.850. The molecule has 1 rings (SSSR count). The third-order valence-corrected chi connectivity index (χ3v) is 3.07. The maximum atomic E-state index is 12.0. The fraction of sp³-hybridized carbons (Fsp3) is 0.833. The molecule has 0 radical (unpaired) electrons. The summed E-state index contributed by atoms with van der Waals surface area (Å²) in [5.74, 6) is -0.308. The molecule has 7 heteroatoms. The molecule has 0 bridgehead atoms. The molecule has 1 fully saturated rings. The van der Waals surface area contributed by atoms with Gasteiger partial charge in [-0.1, -0.05) is 13.8 Å². The number of carbonyl (C=O) groups excluding carboxylic acids is 2. The van der Waals surface area contributed by atoms with E-state index in [4.69, 9.17) is 10.5 Å². The van der Waals surface area contributed by atoms with Gasteiger partial charge in [-0.05, 0) is 12.8 Å². The summed E-state index contributed by atoms with van der Waals surface area (Å²) in [5.41, 5.74) is 5.73. The molecule has 2 amide bonds. The molecule has 0 aliphatic carbocycles. The minimum absolute atomic E-state index is 0. The van der Waals surface area contributed by atoms with E-state index in [0.29, 0.717) is 26.3 Å². The summed E-state index contributed by atoms with van der Waals surface area (Å²) < 4.78 is 5.18. The lowest BCUT2D eigenvalue weighted by Crippen LogP contribution is -2.54. The number of ether oxygens (including phenoxy) is 1. The van der Waals surface area contributed by atoms with Gasteiger partial charge < -0.3 is 20.7 Å². The molecule has 3 N–H and O–H groups in total. The second-order valence-corrected chi connectivity index (χ2v) is 4.94. The molecule has 0 saturated carbocycles. The molecule has 1 aliphatic heterocycles. The van der Waals surface area contributed by atoms with E-state index in [1.165, 1.54) is 0 Å². The zero-order chi connectivity index (χ0) is 13.7. The molecule has 2 atom stereocenters. The third kappa shape index (κ3) is 5.34. The number of amides is 2. The van der Waals surface area contributed by atoms with E-state index in [9.17, 15) is 9.59 Å². The van der Waals surface area contributed by atoms with Gasteiger partial charge in [0.15, 0.2) is 0 Å². The van der Waals surface area contributed by atoms with Gasteiger partial charge in [-0.2, -0.15) is 0 Å². The van der Waals surface area contributed by atoms with Crippen molar-refractivity contribution in [3.8, 4) is 0 Å². The van der Waals surface area contributed by atoms with Gasteiger partial charge in [0.25, 0.3) is 0 Å². The highest BCUT2D eigenvalue weighted by atomic mass is 35.5. The molecule has 19 heavy (non-hydrogen) atoms. The fourth-order valence-electron chi connectivity index (χ4n) is 1.73. The van der Waals surface area contributed by atoms with Gasteiger partial charge in [-0.3, -0.25) is 9.59 Å². The maximum absolute atomic E-state index is 12.0. The molecule has 2 unspecified atom stereocenters. The summed E-state index contributed by atoms with van der Waals surface area (Å²) in [5, 5.41) is 2.66. The Morgan fingerprint density at radius 1 is 1.21 bits per heavy atom. The first kappa shape index (κ1) is 18.1. The van der Waals surface area contributed by atoms with Gasteiger partial charge in [0, 0.05) is 13.1 Å². The highest BCUT2D eigenvalue weighted by Gasteiger charge is 2.26. The predicted octanol–water partition coefficient (Wildman–Crippen LogP) is -0.245. The number of morpholine rings is 1. The van der Waals surface area contributed by atoms with Crippen molar-refractivity contribution in [1.29, 1.82) is 0 Å². The topological polar surface area (TPSA) is 84.7 Å². The second kappa shape index (κ2) is 8.35. The molecule has 0 aromatic heterocycles. The first-order chi connectivity index (χ1) is 8.43. The van der Waals surface area contributed by atoms with Crippen LogP contribution in [-0.4, -0.2) is 55.1 Å². The summed E-state index contributed by atoms with van der Waals surface area (Å²) in [4.78, 5) is 25.5. The number of hydrogen-bond acceptors (Lipinski definition) is 4. The molecule has 0 aromatic rings.